The first-order valence-electron chi connectivity index (χ1n) is 6.03. The molecule has 5 heteroatoms. The maximum Gasteiger partial charge on any atom is 0.0558 e. The number of aliphatic hydroxyl groups excluding tert-OH is 1. The molecule has 0 unspecified atom stereocenters. The molecule has 1 aliphatic rings. The molecule has 0 aromatic carbocycles. The Morgan fingerprint density at radius 3 is 2.53 bits per heavy atom. The van der Waals surface area contributed by atoms with E-state index in [4.69, 9.17) is 10.8 Å². The highest BCUT2D eigenvalue weighted by molar-refractivity contribution is 5.36. The van der Waals surface area contributed by atoms with Crippen LogP contribution in [0.25, 0.3) is 0 Å². The Labute approximate surface area is 102 Å². The summed E-state index contributed by atoms with van der Waals surface area (Å²) in [5, 5.41) is 8.87. The number of pyridine rings is 1. The van der Waals surface area contributed by atoms with Gasteiger partial charge in [0.2, 0.25) is 0 Å². The summed E-state index contributed by atoms with van der Waals surface area (Å²) in [6, 6.07) is 1.98. The molecular weight excluding hydrogens is 216 g/mol. The van der Waals surface area contributed by atoms with Crippen molar-refractivity contribution in [3.8, 4) is 0 Å². The first-order valence-corrected chi connectivity index (χ1v) is 6.03. The van der Waals surface area contributed by atoms with Crippen molar-refractivity contribution in [3.05, 3.63) is 24.0 Å². The molecule has 5 nitrogen and oxygen atoms in total. The van der Waals surface area contributed by atoms with Crippen molar-refractivity contribution in [2.45, 2.75) is 6.54 Å². The molecule has 1 aliphatic heterocycles. The number of aromatic nitrogens is 1. The molecule has 1 aromatic heterocycles. The largest absolute Gasteiger partial charge is 0.397 e. The second kappa shape index (κ2) is 5.95. The molecule has 17 heavy (non-hydrogen) atoms. The molecule has 0 spiro atoms. The molecule has 2 heterocycles. The normalized spacial score (nSPS) is 18.4. The molecule has 1 aromatic rings. The molecule has 1 saturated heterocycles. The first kappa shape index (κ1) is 12.3. The van der Waals surface area contributed by atoms with E-state index in [2.05, 4.69) is 14.8 Å². The molecule has 1 fully saturated rings. The van der Waals surface area contributed by atoms with E-state index < -0.39 is 0 Å². The molecule has 0 saturated carbocycles. The highest BCUT2D eigenvalue weighted by Crippen LogP contribution is 2.09. The van der Waals surface area contributed by atoms with Crippen LogP contribution in [0.2, 0.25) is 0 Å². The average Bonchev–Trinajstić information content (AvgIpc) is 2.32. The van der Waals surface area contributed by atoms with Gasteiger partial charge in [0.05, 0.1) is 12.3 Å². The van der Waals surface area contributed by atoms with E-state index >= 15 is 0 Å². The zero-order valence-electron chi connectivity index (χ0n) is 10.0. The fourth-order valence-electron chi connectivity index (χ4n) is 2.16. The van der Waals surface area contributed by atoms with Gasteiger partial charge < -0.3 is 10.8 Å². The van der Waals surface area contributed by atoms with Crippen LogP contribution in [-0.4, -0.2) is 59.2 Å². The number of nitrogens with zero attached hydrogens (tertiary/aromatic N) is 3. The van der Waals surface area contributed by atoms with Crippen LogP contribution in [0.3, 0.4) is 0 Å². The van der Waals surface area contributed by atoms with Crippen molar-refractivity contribution in [2.24, 2.45) is 0 Å². The zero-order valence-corrected chi connectivity index (χ0v) is 10.0. The molecule has 0 bridgehead atoms. The quantitative estimate of drug-likeness (QED) is 0.756. The van der Waals surface area contributed by atoms with Crippen LogP contribution in [0, 0.1) is 0 Å². The van der Waals surface area contributed by atoms with Gasteiger partial charge in [0.15, 0.2) is 0 Å². The Morgan fingerprint density at radius 1 is 1.18 bits per heavy atom. The fourth-order valence-corrected chi connectivity index (χ4v) is 2.16. The lowest BCUT2D eigenvalue weighted by Gasteiger charge is -2.34. The minimum absolute atomic E-state index is 0.249. The van der Waals surface area contributed by atoms with Gasteiger partial charge in [-0.3, -0.25) is 14.8 Å². The number of β-amino-alcohol motifs (C(OH)–C–C–N with tert-alkyl or cyclic N) is 1. The predicted molar refractivity (Wildman–Crippen MR) is 67.5 cm³/mol. The third-order valence-electron chi connectivity index (χ3n) is 3.10. The summed E-state index contributed by atoms with van der Waals surface area (Å²) in [6.07, 6.45) is 3.54. The summed E-state index contributed by atoms with van der Waals surface area (Å²) in [5.74, 6) is 0. The summed E-state index contributed by atoms with van der Waals surface area (Å²) in [4.78, 5) is 8.78. The molecule has 94 valence electrons. The summed E-state index contributed by atoms with van der Waals surface area (Å²) in [6.45, 7) is 6.06. The van der Waals surface area contributed by atoms with Gasteiger partial charge in [-0.2, -0.15) is 0 Å². The Balaban J connectivity index is 1.82. The van der Waals surface area contributed by atoms with Crippen LogP contribution < -0.4 is 5.73 Å². The second-order valence-electron chi connectivity index (χ2n) is 4.47. The van der Waals surface area contributed by atoms with Gasteiger partial charge >= 0.3 is 0 Å². The van der Waals surface area contributed by atoms with Crippen molar-refractivity contribution in [1.29, 1.82) is 0 Å². The lowest BCUT2D eigenvalue weighted by molar-refractivity contribution is 0.108. The van der Waals surface area contributed by atoms with Crippen molar-refractivity contribution in [1.82, 2.24) is 14.8 Å². The van der Waals surface area contributed by atoms with Gasteiger partial charge in [0, 0.05) is 51.7 Å². The Morgan fingerprint density at radius 2 is 1.88 bits per heavy atom. The van der Waals surface area contributed by atoms with Crippen molar-refractivity contribution in [3.63, 3.8) is 0 Å². The monoisotopic (exact) mass is 236 g/mol. The number of rotatable bonds is 4. The Bertz CT molecular complexity index is 350. The fraction of sp³-hybridized carbons (Fsp3) is 0.583. The lowest BCUT2D eigenvalue weighted by Crippen LogP contribution is -2.46. The molecule has 3 N–H and O–H groups in total. The van der Waals surface area contributed by atoms with E-state index in [9.17, 15) is 0 Å². The van der Waals surface area contributed by atoms with E-state index in [1.54, 1.807) is 6.20 Å². The highest BCUT2D eigenvalue weighted by Gasteiger charge is 2.16. The molecule has 0 radical (unpaired) electrons. The van der Waals surface area contributed by atoms with Gasteiger partial charge in [0.1, 0.15) is 0 Å². The van der Waals surface area contributed by atoms with Crippen LogP contribution in [0.5, 0.6) is 0 Å². The van der Waals surface area contributed by atoms with Crippen molar-refractivity contribution in [2.75, 3.05) is 45.1 Å². The summed E-state index contributed by atoms with van der Waals surface area (Å²) < 4.78 is 0. The zero-order chi connectivity index (χ0) is 12.1. The van der Waals surface area contributed by atoms with Crippen molar-refractivity contribution < 1.29 is 5.11 Å². The number of hydrogen-bond acceptors (Lipinski definition) is 5. The predicted octanol–water partition coefficient (Wildman–Crippen LogP) is -0.226. The minimum atomic E-state index is 0.249. The number of nitrogen functional groups attached to an aromatic ring is 1. The Kier molecular flexibility index (Phi) is 4.30. The maximum absolute atomic E-state index is 8.87. The van der Waals surface area contributed by atoms with Gasteiger partial charge in [-0.25, -0.2) is 0 Å². The van der Waals surface area contributed by atoms with Gasteiger partial charge in [-0.05, 0) is 11.6 Å². The standard InChI is InChI=1S/C12H20N4O/c13-12-7-11(8-14-9-12)10-16-3-1-15(2-4-16)5-6-17/h7-9,17H,1-6,10,13H2. The Hall–Kier alpha value is -1.17. The van der Waals surface area contributed by atoms with E-state index in [1.807, 2.05) is 12.3 Å². The van der Waals surface area contributed by atoms with Gasteiger partial charge in [0.25, 0.3) is 0 Å². The van der Waals surface area contributed by atoms with Gasteiger partial charge in [-0.15, -0.1) is 0 Å². The minimum Gasteiger partial charge on any atom is -0.397 e. The molecule has 0 amide bonds. The smallest absolute Gasteiger partial charge is 0.0558 e. The van der Waals surface area contributed by atoms with E-state index in [-0.39, 0.29) is 6.61 Å². The van der Waals surface area contributed by atoms with Crippen LogP contribution in [0.15, 0.2) is 18.5 Å². The SMILES string of the molecule is Nc1cncc(CN2CCN(CCO)CC2)c1. The second-order valence-corrected chi connectivity index (χ2v) is 4.47. The molecule has 0 aliphatic carbocycles. The summed E-state index contributed by atoms with van der Waals surface area (Å²) in [5.41, 5.74) is 7.60. The van der Waals surface area contributed by atoms with Gasteiger partial charge in [-0.1, -0.05) is 0 Å². The van der Waals surface area contributed by atoms with Crippen LogP contribution in [0.1, 0.15) is 5.56 Å². The number of nitrogens with two attached hydrogens (primary N) is 1. The third-order valence-corrected chi connectivity index (χ3v) is 3.10. The van der Waals surface area contributed by atoms with Crippen LogP contribution in [0.4, 0.5) is 5.69 Å². The lowest BCUT2D eigenvalue weighted by atomic mass is 10.2. The summed E-state index contributed by atoms with van der Waals surface area (Å²) >= 11 is 0. The number of hydrogen-bond donors (Lipinski definition) is 2. The van der Waals surface area contributed by atoms with Crippen molar-refractivity contribution >= 4 is 5.69 Å². The van der Waals surface area contributed by atoms with Crippen LogP contribution >= 0.6 is 0 Å². The summed E-state index contributed by atoms with van der Waals surface area (Å²) in [7, 11) is 0. The van der Waals surface area contributed by atoms with E-state index in [1.165, 1.54) is 5.56 Å². The number of aliphatic hydroxyl groups is 1. The number of piperazine rings is 1. The number of anilines is 1. The first-order chi connectivity index (χ1) is 8.28. The van der Waals surface area contributed by atoms with E-state index in [0.29, 0.717) is 0 Å². The topological polar surface area (TPSA) is 65.6 Å². The van der Waals surface area contributed by atoms with E-state index in [0.717, 1.165) is 45.0 Å². The molecular formula is C12H20N4O. The third kappa shape index (κ3) is 3.66. The van der Waals surface area contributed by atoms with Crippen LogP contribution in [-0.2, 0) is 6.54 Å². The highest BCUT2D eigenvalue weighted by atomic mass is 16.3. The molecule has 0 atom stereocenters. The maximum atomic E-state index is 8.87. The molecule has 2 rings (SSSR count). The average molecular weight is 236 g/mol.